The van der Waals surface area contributed by atoms with E-state index in [0.717, 1.165) is 18.4 Å². The summed E-state index contributed by atoms with van der Waals surface area (Å²) in [7, 11) is 2.00. The molecule has 2 heteroatoms. The summed E-state index contributed by atoms with van der Waals surface area (Å²) in [5, 5.41) is 3.38. The van der Waals surface area contributed by atoms with Gasteiger partial charge in [-0.25, -0.2) is 4.39 Å². The summed E-state index contributed by atoms with van der Waals surface area (Å²) in [5.74, 6) is 1.01. The highest BCUT2D eigenvalue weighted by atomic mass is 19.1. The van der Waals surface area contributed by atoms with Crippen LogP contribution in [0.1, 0.15) is 37.3 Å². The van der Waals surface area contributed by atoms with E-state index >= 15 is 0 Å². The van der Waals surface area contributed by atoms with E-state index in [1.807, 2.05) is 13.1 Å². The Morgan fingerprint density at radius 3 is 2.75 bits per heavy atom. The lowest BCUT2D eigenvalue weighted by Crippen LogP contribution is -2.35. The van der Waals surface area contributed by atoms with Gasteiger partial charge in [-0.1, -0.05) is 26.0 Å². The van der Waals surface area contributed by atoms with Crippen LogP contribution in [-0.4, -0.2) is 13.1 Å². The van der Waals surface area contributed by atoms with Crippen LogP contribution in [0.4, 0.5) is 4.39 Å². The maximum atomic E-state index is 13.6. The van der Waals surface area contributed by atoms with Crippen molar-refractivity contribution in [3.8, 4) is 0 Å². The molecule has 2 unspecified atom stereocenters. The molecular weight excluding hydrogens is 201 g/mol. The SMILES string of the molecule is CNC(C(C)C)C1CCc2c(F)cccc21. The number of hydrogen-bond donors (Lipinski definition) is 1. The van der Waals surface area contributed by atoms with E-state index in [9.17, 15) is 4.39 Å². The van der Waals surface area contributed by atoms with Gasteiger partial charge in [-0.3, -0.25) is 0 Å². The average Bonchev–Trinajstić information content (AvgIpc) is 2.64. The molecule has 1 nitrogen and oxygen atoms in total. The summed E-state index contributed by atoms with van der Waals surface area (Å²) in [5.41, 5.74) is 2.15. The predicted octanol–water partition coefficient (Wildman–Crippen LogP) is 3.10. The molecule has 0 saturated carbocycles. The first kappa shape index (κ1) is 11.6. The molecule has 1 N–H and O–H groups in total. The minimum absolute atomic E-state index is 0.0291. The molecule has 0 saturated heterocycles. The molecule has 0 heterocycles. The molecule has 2 rings (SSSR count). The van der Waals surface area contributed by atoms with Crippen LogP contribution in [-0.2, 0) is 6.42 Å². The number of nitrogens with one attached hydrogen (secondary N) is 1. The summed E-state index contributed by atoms with van der Waals surface area (Å²) in [6, 6.07) is 5.94. The van der Waals surface area contributed by atoms with Crippen molar-refractivity contribution in [1.29, 1.82) is 0 Å². The smallest absolute Gasteiger partial charge is 0.126 e. The molecule has 0 spiro atoms. The van der Waals surface area contributed by atoms with Crippen molar-refractivity contribution in [2.45, 2.75) is 38.6 Å². The Labute approximate surface area is 97.1 Å². The Bertz CT molecular complexity index is 373. The van der Waals surface area contributed by atoms with Gasteiger partial charge in [-0.05, 0) is 43.0 Å². The average molecular weight is 221 g/mol. The quantitative estimate of drug-likeness (QED) is 0.827. The van der Waals surface area contributed by atoms with E-state index in [1.54, 1.807) is 6.07 Å². The van der Waals surface area contributed by atoms with Crippen LogP contribution < -0.4 is 5.32 Å². The van der Waals surface area contributed by atoms with Gasteiger partial charge in [0.2, 0.25) is 0 Å². The molecule has 1 aliphatic carbocycles. The van der Waals surface area contributed by atoms with E-state index in [2.05, 4.69) is 25.2 Å². The molecule has 0 aliphatic heterocycles. The van der Waals surface area contributed by atoms with Crippen LogP contribution in [0.25, 0.3) is 0 Å². The van der Waals surface area contributed by atoms with E-state index in [-0.39, 0.29) is 5.82 Å². The highest BCUT2D eigenvalue weighted by molar-refractivity contribution is 5.37. The highest BCUT2D eigenvalue weighted by Crippen LogP contribution is 2.38. The third-order valence-electron chi connectivity index (χ3n) is 3.74. The maximum Gasteiger partial charge on any atom is 0.126 e. The molecule has 0 aromatic heterocycles. The van der Waals surface area contributed by atoms with Crippen LogP contribution >= 0.6 is 0 Å². The van der Waals surface area contributed by atoms with Crippen molar-refractivity contribution in [2.24, 2.45) is 5.92 Å². The van der Waals surface area contributed by atoms with Crippen molar-refractivity contribution >= 4 is 0 Å². The minimum Gasteiger partial charge on any atom is -0.316 e. The first-order chi connectivity index (χ1) is 7.65. The lowest BCUT2D eigenvalue weighted by Gasteiger charge is -2.27. The molecule has 88 valence electrons. The van der Waals surface area contributed by atoms with Gasteiger partial charge in [0.05, 0.1) is 0 Å². The summed E-state index contributed by atoms with van der Waals surface area (Å²) in [6.07, 6.45) is 1.96. The Morgan fingerprint density at radius 2 is 2.12 bits per heavy atom. The largest absolute Gasteiger partial charge is 0.316 e. The van der Waals surface area contributed by atoms with Crippen molar-refractivity contribution in [3.63, 3.8) is 0 Å². The summed E-state index contributed by atoms with van der Waals surface area (Å²) < 4.78 is 13.6. The predicted molar refractivity (Wildman–Crippen MR) is 65.1 cm³/mol. The molecule has 0 bridgehead atoms. The Balaban J connectivity index is 2.32. The molecule has 16 heavy (non-hydrogen) atoms. The minimum atomic E-state index is -0.0291. The molecule has 0 radical (unpaired) electrons. The van der Waals surface area contributed by atoms with E-state index in [1.165, 1.54) is 5.56 Å². The third-order valence-corrected chi connectivity index (χ3v) is 3.74. The number of rotatable bonds is 3. The van der Waals surface area contributed by atoms with Crippen LogP contribution in [0.3, 0.4) is 0 Å². The van der Waals surface area contributed by atoms with Crippen molar-refractivity contribution in [2.75, 3.05) is 7.05 Å². The van der Waals surface area contributed by atoms with Crippen LogP contribution in [0.5, 0.6) is 0 Å². The summed E-state index contributed by atoms with van der Waals surface area (Å²) in [4.78, 5) is 0. The fourth-order valence-corrected chi connectivity index (χ4v) is 3.01. The van der Waals surface area contributed by atoms with E-state index < -0.39 is 0 Å². The van der Waals surface area contributed by atoms with Crippen molar-refractivity contribution in [1.82, 2.24) is 5.32 Å². The zero-order valence-electron chi connectivity index (χ0n) is 10.3. The molecule has 1 aromatic carbocycles. The topological polar surface area (TPSA) is 12.0 Å². The second kappa shape index (κ2) is 4.54. The monoisotopic (exact) mass is 221 g/mol. The Hall–Kier alpha value is -0.890. The molecule has 2 atom stereocenters. The maximum absolute atomic E-state index is 13.6. The van der Waals surface area contributed by atoms with Crippen LogP contribution in [0.15, 0.2) is 18.2 Å². The zero-order valence-corrected chi connectivity index (χ0v) is 10.3. The standard InChI is InChI=1S/C14H20FN/c1-9(2)14(16-3)12-8-7-11-10(12)5-4-6-13(11)15/h4-6,9,12,14,16H,7-8H2,1-3H3. The number of fused-ring (bicyclic) bond motifs is 1. The zero-order chi connectivity index (χ0) is 11.7. The molecular formula is C14H20FN. The number of likely N-dealkylation sites (N-methyl/N-ethyl adjacent to an activating group) is 1. The molecule has 0 amide bonds. The molecule has 1 aromatic rings. The number of hydrogen-bond acceptors (Lipinski definition) is 1. The highest BCUT2D eigenvalue weighted by Gasteiger charge is 2.31. The van der Waals surface area contributed by atoms with Gasteiger partial charge in [0.1, 0.15) is 5.82 Å². The fourth-order valence-electron chi connectivity index (χ4n) is 3.01. The third kappa shape index (κ3) is 1.86. The van der Waals surface area contributed by atoms with Crippen molar-refractivity contribution < 1.29 is 4.39 Å². The van der Waals surface area contributed by atoms with Crippen LogP contribution in [0, 0.1) is 11.7 Å². The first-order valence-electron chi connectivity index (χ1n) is 6.09. The van der Waals surface area contributed by atoms with Gasteiger partial charge in [-0.15, -0.1) is 0 Å². The number of benzene rings is 1. The summed E-state index contributed by atoms with van der Waals surface area (Å²) in [6.45, 7) is 4.44. The second-order valence-corrected chi connectivity index (χ2v) is 5.01. The fraction of sp³-hybridized carbons (Fsp3) is 0.571. The molecule has 0 fully saturated rings. The lowest BCUT2D eigenvalue weighted by molar-refractivity contribution is 0.360. The van der Waals surface area contributed by atoms with Gasteiger partial charge in [0, 0.05) is 12.0 Å². The van der Waals surface area contributed by atoms with E-state index in [4.69, 9.17) is 0 Å². The number of halogens is 1. The van der Waals surface area contributed by atoms with Gasteiger partial charge in [0.15, 0.2) is 0 Å². The van der Waals surface area contributed by atoms with Gasteiger partial charge in [-0.2, -0.15) is 0 Å². The summed E-state index contributed by atoms with van der Waals surface area (Å²) >= 11 is 0. The van der Waals surface area contributed by atoms with Crippen LogP contribution in [0.2, 0.25) is 0 Å². The van der Waals surface area contributed by atoms with Gasteiger partial charge >= 0.3 is 0 Å². The molecule has 1 aliphatic rings. The second-order valence-electron chi connectivity index (χ2n) is 5.01. The van der Waals surface area contributed by atoms with Gasteiger partial charge < -0.3 is 5.32 Å². The Morgan fingerprint density at radius 1 is 1.38 bits per heavy atom. The van der Waals surface area contributed by atoms with E-state index in [0.29, 0.717) is 17.9 Å². The lowest BCUT2D eigenvalue weighted by atomic mass is 9.86. The normalized spacial score (nSPS) is 21.2. The first-order valence-corrected chi connectivity index (χ1v) is 6.09. The Kier molecular flexibility index (Phi) is 3.29. The van der Waals surface area contributed by atoms with Gasteiger partial charge in [0.25, 0.3) is 0 Å². The van der Waals surface area contributed by atoms with Crippen molar-refractivity contribution in [3.05, 3.63) is 35.1 Å².